The van der Waals surface area contributed by atoms with Crippen molar-refractivity contribution in [3.05, 3.63) is 30.6 Å². The van der Waals surface area contributed by atoms with Crippen LogP contribution in [0.5, 0.6) is 0 Å². The van der Waals surface area contributed by atoms with Gasteiger partial charge in [-0.3, -0.25) is 4.79 Å². The van der Waals surface area contributed by atoms with Crippen LogP contribution in [0.3, 0.4) is 0 Å². The summed E-state index contributed by atoms with van der Waals surface area (Å²) in [5, 5.41) is 5.78. The van der Waals surface area contributed by atoms with E-state index in [-0.39, 0.29) is 5.91 Å². The number of carbonyl (C=O) groups excluding carboxylic acids is 1. The van der Waals surface area contributed by atoms with Crippen LogP contribution in [-0.4, -0.2) is 29.0 Å². The predicted molar refractivity (Wildman–Crippen MR) is 72.5 cm³/mol. The molecule has 1 aromatic rings. The van der Waals surface area contributed by atoms with Crippen molar-refractivity contribution < 1.29 is 4.79 Å². The molecule has 5 heteroatoms. The van der Waals surface area contributed by atoms with Crippen LogP contribution < -0.4 is 10.6 Å². The van der Waals surface area contributed by atoms with E-state index in [0.717, 1.165) is 6.42 Å². The first kappa shape index (κ1) is 14.2. The number of nitrogens with zero attached hydrogens (tertiary/aromatic N) is 2. The third kappa shape index (κ3) is 4.95. The van der Waals surface area contributed by atoms with Crippen LogP contribution in [0.4, 0.5) is 5.95 Å². The highest BCUT2D eigenvalue weighted by Gasteiger charge is 2.06. The summed E-state index contributed by atoms with van der Waals surface area (Å²) >= 11 is 0. The number of carbonyl (C=O) groups is 1. The SMILES string of the molecule is C=CCNc1ncc(C(=O)NCCC(C)C)cn1. The summed E-state index contributed by atoms with van der Waals surface area (Å²) in [5.41, 5.74) is 0.475. The monoisotopic (exact) mass is 248 g/mol. The topological polar surface area (TPSA) is 66.9 Å². The third-order valence-electron chi connectivity index (χ3n) is 2.33. The Morgan fingerprint density at radius 1 is 1.44 bits per heavy atom. The van der Waals surface area contributed by atoms with Crippen LogP contribution in [0.2, 0.25) is 0 Å². The highest BCUT2D eigenvalue weighted by molar-refractivity contribution is 5.93. The molecule has 0 aliphatic heterocycles. The number of amides is 1. The van der Waals surface area contributed by atoms with Gasteiger partial charge in [0.1, 0.15) is 0 Å². The van der Waals surface area contributed by atoms with E-state index in [1.165, 1.54) is 12.4 Å². The molecular weight excluding hydrogens is 228 g/mol. The Kier molecular flexibility index (Phi) is 5.84. The molecule has 1 amide bonds. The van der Waals surface area contributed by atoms with Gasteiger partial charge in [0.2, 0.25) is 5.95 Å². The average molecular weight is 248 g/mol. The average Bonchev–Trinajstić information content (AvgIpc) is 2.36. The van der Waals surface area contributed by atoms with E-state index < -0.39 is 0 Å². The molecule has 0 fully saturated rings. The Hall–Kier alpha value is -1.91. The van der Waals surface area contributed by atoms with Crippen molar-refractivity contribution in [3.8, 4) is 0 Å². The zero-order valence-electron chi connectivity index (χ0n) is 10.9. The van der Waals surface area contributed by atoms with Gasteiger partial charge in [-0.25, -0.2) is 9.97 Å². The van der Waals surface area contributed by atoms with Gasteiger partial charge in [0, 0.05) is 25.5 Å². The molecule has 0 saturated carbocycles. The van der Waals surface area contributed by atoms with Crippen LogP contribution in [-0.2, 0) is 0 Å². The maximum atomic E-state index is 11.7. The first-order valence-electron chi connectivity index (χ1n) is 6.08. The number of nitrogens with one attached hydrogen (secondary N) is 2. The van der Waals surface area contributed by atoms with E-state index in [1.54, 1.807) is 6.08 Å². The minimum absolute atomic E-state index is 0.133. The van der Waals surface area contributed by atoms with Crippen molar-refractivity contribution in [1.82, 2.24) is 15.3 Å². The Labute approximate surface area is 108 Å². The molecule has 18 heavy (non-hydrogen) atoms. The summed E-state index contributed by atoms with van der Waals surface area (Å²) in [7, 11) is 0. The summed E-state index contributed by atoms with van der Waals surface area (Å²) in [6.45, 7) is 9.10. The lowest BCUT2D eigenvalue weighted by molar-refractivity contribution is 0.0951. The number of anilines is 1. The van der Waals surface area contributed by atoms with Crippen LogP contribution in [0.1, 0.15) is 30.6 Å². The minimum atomic E-state index is -0.133. The number of rotatable bonds is 7. The fourth-order valence-electron chi connectivity index (χ4n) is 1.28. The first-order valence-corrected chi connectivity index (χ1v) is 6.08. The standard InChI is InChI=1S/C13H20N4O/c1-4-6-15-13-16-8-11(9-17-13)12(18)14-7-5-10(2)3/h4,8-10H,1,5-7H2,2-3H3,(H,14,18)(H,15,16,17). The molecule has 5 nitrogen and oxygen atoms in total. The summed E-state index contributed by atoms with van der Waals surface area (Å²) < 4.78 is 0. The van der Waals surface area contributed by atoms with Crippen molar-refractivity contribution >= 4 is 11.9 Å². The molecule has 0 aliphatic carbocycles. The number of hydrogen-bond donors (Lipinski definition) is 2. The molecule has 1 heterocycles. The molecule has 0 aliphatic rings. The molecule has 0 aromatic carbocycles. The van der Waals surface area contributed by atoms with Gasteiger partial charge in [-0.05, 0) is 12.3 Å². The van der Waals surface area contributed by atoms with Gasteiger partial charge in [-0.15, -0.1) is 6.58 Å². The third-order valence-corrected chi connectivity index (χ3v) is 2.33. The first-order chi connectivity index (χ1) is 8.63. The summed E-state index contributed by atoms with van der Waals surface area (Å²) in [6.07, 6.45) is 5.72. The second-order valence-electron chi connectivity index (χ2n) is 4.40. The molecule has 0 radical (unpaired) electrons. The maximum absolute atomic E-state index is 11.7. The molecule has 98 valence electrons. The van der Waals surface area contributed by atoms with E-state index in [4.69, 9.17) is 0 Å². The lowest BCUT2D eigenvalue weighted by Gasteiger charge is -2.07. The van der Waals surface area contributed by atoms with Gasteiger partial charge < -0.3 is 10.6 Å². The fraction of sp³-hybridized carbons (Fsp3) is 0.462. The van der Waals surface area contributed by atoms with E-state index >= 15 is 0 Å². The Balaban J connectivity index is 2.45. The molecule has 0 atom stereocenters. The number of hydrogen-bond acceptors (Lipinski definition) is 4. The van der Waals surface area contributed by atoms with Gasteiger partial charge in [0.25, 0.3) is 5.91 Å². The second-order valence-corrected chi connectivity index (χ2v) is 4.40. The molecule has 0 bridgehead atoms. The van der Waals surface area contributed by atoms with E-state index in [2.05, 4.69) is 41.0 Å². The normalized spacial score (nSPS) is 10.2. The maximum Gasteiger partial charge on any atom is 0.254 e. The Morgan fingerprint density at radius 3 is 2.67 bits per heavy atom. The summed E-state index contributed by atoms with van der Waals surface area (Å²) in [5.74, 6) is 0.937. The number of aromatic nitrogens is 2. The van der Waals surface area contributed by atoms with Crippen molar-refractivity contribution in [3.63, 3.8) is 0 Å². The van der Waals surface area contributed by atoms with Crippen molar-refractivity contribution in [2.75, 3.05) is 18.4 Å². The zero-order valence-corrected chi connectivity index (χ0v) is 10.9. The van der Waals surface area contributed by atoms with Gasteiger partial charge in [-0.1, -0.05) is 19.9 Å². The molecule has 0 saturated heterocycles. The largest absolute Gasteiger partial charge is 0.352 e. The van der Waals surface area contributed by atoms with Crippen LogP contribution in [0, 0.1) is 5.92 Å². The van der Waals surface area contributed by atoms with Crippen LogP contribution in [0.15, 0.2) is 25.0 Å². The van der Waals surface area contributed by atoms with Gasteiger partial charge in [0.05, 0.1) is 5.56 Å². The fourth-order valence-corrected chi connectivity index (χ4v) is 1.28. The Morgan fingerprint density at radius 2 is 2.11 bits per heavy atom. The highest BCUT2D eigenvalue weighted by Crippen LogP contribution is 2.01. The quantitative estimate of drug-likeness (QED) is 0.723. The van der Waals surface area contributed by atoms with E-state index in [1.807, 2.05) is 0 Å². The molecule has 1 aromatic heterocycles. The lowest BCUT2D eigenvalue weighted by Crippen LogP contribution is -2.25. The summed E-state index contributed by atoms with van der Waals surface area (Å²) in [4.78, 5) is 19.8. The molecular formula is C13H20N4O. The van der Waals surface area contributed by atoms with Crippen LogP contribution in [0.25, 0.3) is 0 Å². The molecule has 2 N–H and O–H groups in total. The van der Waals surface area contributed by atoms with E-state index in [0.29, 0.717) is 30.5 Å². The van der Waals surface area contributed by atoms with E-state index in [9.17, 15) is 4.79 Å². The van der Waals surface area contributed by atoms with Gasteiger partial charge in [-0.2, -0.15) is 0 Å². The second kappa shape index (κ2) is 7.42. The van der Waals surface area contributed by atoms with Crippen LogP contribution >= 0.6 is 0 Å². The molecule has 1 rings (SSSR count). The highest BCUT2D eigenvalue weighted by atomic mass is 16.1. The smallest absolute Gasteiger partial charge is 0.254 e. The van der Waals surface area contributed by atoms with Gasteiger partial charge >= 0.3 is 0 Å². The van der Waals surface area contributed by atoms with Crippen molar-refractivity contribution in [1.29, 1.82) is 0 Å². The predicted octanol–water partition coefficient (Wildman–Crippen LogP) is 1.85. The summed E-state index contributed by atoms with van der Waals surface area (Å²) in [6, 6.07) is 0. The Bertz CT molecular complexity index is 386. The minimum Gasteiger partial charge on any atom is -0.352 e. The van der Waals surface area contributed by atoms with Gasteiger partial charge in [0.15, 0.2) is 0 Å². The van der Waals surface area contributed by atoms with Crippen molar-refractivity contribution in [2.24, 2.45) is 5.92 Å². The molecule has 0 unspecified atom stereocenters. The zero-order chi connectivity index (χ0) is 13.4. The molecule has 0 spiro atoms. The lowest BCUT2D eigenvalue weighted by atomic mass is 10.1. The van der Waals surface area contributed by atoms with Crippen molar-refractivity contribution in [2.45, 2.75) is 20.3 Å².